The Bertz CT molecular complexity index is 660. The van der Waals surface area contributed by atoms with E-state index in [2.05, 4.69) is 4.37 Å². The molecular formula is C11H11N3O3S. The molecule has 0 amide bonds. The van der Waals surface area contributed by atoms with Gasteiger partial charge in [-0.1, -0.05) is 0 Å². The van der Waals surface area contributed by atoms with E-state index in [1.54, 1.807) is 6.92 Å². The van der Waals surface area contributed by atoms with Gasteiger partial charge < -0.3 is 4.57 Å². The first-order chi connectivity index (χ1) is 8.49. The second kappa shape index (κ2) is 4.69. The number of pyridine rings is 1. The fourth-order valence-corrected chi connectivity index (χ4v) is 2.42. The van der Waals surface area contributed by atoms with E-state index < -0.39 is 4.92 Å². The number of aryl methyl sites for hydroxylation is 1. The minimum absolute atomic E-state index is 0.0455. The van der Waals surface area contributed by atoms with E-state index >= 15 is 0 Å². The molecular weight excluding hydrogens is 254 g/mol. The van der Waals surface area contributed by atoms with Crippen molar-refractivity contribution in [2.75, 3.05) is 0 Å². The van der Waals surface area contributed by atoms with Crippen LogP contribution < -0.4 is 5.56 Å². The molecule has 0 aliphatic rings. The third-order valence-electron chi connectivity index (χ3n) is 2.61. The van der Waals surface area contributed by atoms with Crippen molar-refractivity contribution in [2.24, 2.45) is 0 Å². The fraction of sp³-hybridized carbons (Fsp3) is 0.273. The molecule has 0 aromatic carbocycles. The van der Waals surface area contributed by atoms with Gasteiger partial charge in [-0.2, -0.15) is 4.37 Å². The van der Waals surface area contributed by atoms with Crippen LogP contribution in [-0.4, -0.2) is 13.9 Å². The number of rotatable bonds is 3. The summed E-state index contributed by atoms with van der Waals surface area (Å²) in [6.45, 7) is 3.76. The molecule has 18 heavy (non-hydrogen) atoms. The molecule has 0 bridgehead atoms. The molecule has 94 valence electrons. The van der Waals surface area contributed by atoms with Crippen molar-refractivity contribution in [3.8, 4) is 0 Å². The first-order valence-electron chi connectivity index (χ1n) is 5.26. The summed E-state index contributed by atoms with van der Waals surface area (Å²) in [5, 5.41) is 10.8. The van der Waals surface area contributed by atoms with Crippen molar-refractivity contribution < 1.29 is 4.92 Å². The number of hydrogen-bond acceptors (Lipinski definition) is 5. The van der Waals surface area contributed by atoms with E-state index in [1.807, 2.05) is 13.0 Å². The Kier molecular flexibility index (Phi) is 3.24. The zero-order valence-corrected chi connectivity index (χ0v) is 10.7. The standard InChI is InChI=1S/C11H11N3O3S/c1-7-5-9(18-12-7)6-13-8(2)10(14(16)17)3-4-11(13)15/h3-5H,6H2,1-2H3. The molecule has 2 aromatic heterocycles. The normalized spacial score (nSPS) is 10.6. The van der Waals surface area contributed by atoms with Crippen molar-refractivity contribution in [3.63, 3.8) is 0 Å². The van der Waals surface area contributed by atoms with Crippen molar-refractivity contribution in [1.29, 1.82) is 0 Å². The summed E-state index contributed by atoms with van der Waals surface area (Å²) in [5.74, 6) is 0. The Morgan fingerprint density at radius 1 is 1.44 bits per heavy atom. The highest BCUT2D eigenvalue weighted by atomic mass is 32.1. The van der Waals surface area contributed by atoms with E-state index in [-0.39, 0.29) is 11.2 Å². The van der Waals surface area contributed by atoms with E-state index in [4.69, 9.17) is 0 Å². The monoisotopic (exact) mass is 265 g/mol. The lowest BCUT2D eigenvalue weighted by Crippen LogP contribution is -2.22. The highest BCUT2D eigenvalue weighted by molar-refractivity contribution is 7.05. The molecule has 0 atom stereocenters. The fourth-order valence-electron chi connectivity index (χ4n) is 1.70. The van der Waals surface area contributed by atoms with Crippen LogP contribution in [0.15, 0.2) is 23.0 Å². The second-order valence-electron chi connectivity index (χ2n) is 3.92. The molecule has 0 spiro atoms. The molecule has 2 rings (SSSR count). The van der Waals surface area contributed by atoms with Crippen LogP contribution in [-0.2, 0) is 6.54 Å². The minimum atomic E-state index is -0.483. The van der Waals surface area contributed by atoms with Gasteiger partial charge in [0.05, 0.1) is 22.9 Å². The molecule has 7 heteroatoms. The minimum Gasteiger partial charge on any atom is -0.301 e. The zero-order chi connectivity index (χ0) is 13.3. The maximum absolute atomic E-state index is 11.8. The number of nitro groups is 1. The van der Waals surface area contributed by atoms with Crippen LogP contribution in [0.4, 0.5) is 5.69 Å². The van der Waals surface area contributed by atoms with E-state index in [9.17, 15) is 14.9 Å². The highest BCUT2D eigenvalue weighted by Crippen LogP contribution is 2.17. The van der Waals surface area contributed by atoms with Gasteiger partial charge in [0, 0.05) is 17.0 Å². The van der Waals surface area contributed by atoms with Gasteiger partial charge in [0.15, 0.2) is 0 Å². The van der Waals surface area contributed by atoms with Gasteiger partial charge >= 0.3 is 0 Å². The van der Waals surface area contributed by atoms with Crippen molar-refractivity contribution in [3.05, 3.63) is 54.9 Å². The molecule has 0 fully saturated rings. The molecule has 0 unspecified atom stereocenters. The van der Waals surface area contributed by atoms with E-state index in [0.29, 0.717) is 12.2 Å². The summed E-state index contributed by atoms with van der Waals surface area (Å²) in [6.07, 6.45) is 0. The van der Waals surface area contributed by atoms with Crippen LogP contribution in [0.3, 0.4) is 0 Å². The molecule has 0 N–H and O–H groups in total. The number of hydrogen-bond donors (Lipinski definition) is 0. The van der Waals surface area contributed by atoms with Crippen LogP contribution in [0.25, 0.3) is 0 Å². The number of aromatic nitrogens is 2. The summed E-state index contributed by atoms with van der Waals surface area (Å²) < 4.78 is 5.52. The average molecular weight is 265 g/mol. The lowest BCUT2D eigenvalue weighted by atomic mass is 10.3. The summed E-state index contributed by atoms with van der Waals surface area (Å²) in [4.78, 5) is 23.0. The Morgan fingerprint density at radius 3 is 2.72 bits per heavy atom. The molecule has 2 heterocycles. The first-order valence-corrected chi connectivity index (χ1v) is 6.03. The highest BCUT2D eigenvalue weighted by Gasteiger charge is 2.15. The third-order valence-corrected chi connectivity index (χ3v) is 3.47. The molecule has 0 radical (unpaired) electrons. The maximum Gasteiger partial charge on any atom is 0.288 e. The van der Waals surface area contributed by atoms with Gasteiger partial charge in [0.25, 0.3) is 11.2 Å². The van der Waals surface area contributed by atoms with Crippen LogP contribution in [0.1, 0.15) is 16.3 Å². The Morgan fingerprint density at radius 2 is 2.17 bits per heavy atom. The predicted octanol–water partition coefficient (Wildman–Crippen LogP) is 1.88. The Labute approximate surface area is 107 Å². The van der Waals surface area contributed by atoms with Gasteiger partial charge in [0.2, 0.25) is 0 Å². The molecule has 0 aliphatic carbocycles. The molecule has 2 aromatic rings. The summed E-state index contributed by atoms with van der Waals surface area (Å²) >= 11 is 1.30. The zero-order valence-electron chi connectivity index (χ0n) is 9.91. The van der Waals surface area contributed by atoms with Crippen LogP contribution in [0.2, 0.25) is 0 Å². The SMILES string of the molecule is Cc1cc(Cn2c(C)c([N+](=O)[O-])ccc2=O)sn1. The second-order valence-corrected chi connectivity index (χ2v) is 4.81. The summed E-state index contributed by atoms with van der Waals surface area (Å²) in [7, 11) is 0. The lowest BCUT2D eigenvalue weighted by Gasteiger charge is -2.07. The van der Waals surface area contributed by atoms with Crippen LogP contribution in [0.5, 0.6) is 0 Å². The number of nitrogens with zero attached hydrogens (tertiary/aromatic N) is 3. The molecule has 0 aliphatic heterocycles. The van der Waals surface area contributed by atoms with Crippen LogP contribution >= 0.6 is 11.5 Å². The van der Waals surface area contributed by atoms with Gasteiger partial charge in [-0.3, -0.25) is 14.9 Å². The van der Waals surface area contributed by atoms with Crippen LogP contribution in [0, 0.1) is 24.0 Å². The maximum atomic E-state index is 11.8. The Hall–Kier alpha value is -2.02. The summed E-state index contributed by atoms with van der Waals surface area (Å²) in [5.41, 5.74) is 0.949. The first kappa shape index (κ1) is 12.4. The van der Waals surface area contributed by atoms with Gasteiger partial charge in [0.1, 0.15) is 0 Å². The van der Waals surface area contributed by atoms with Crippen molar-refractivity contribution >= 4 is 17.2 Å². The predicted molar refractivity (Wildman–Crippen MR) is 68.0 cm³/mol. The molecule has 0 saturated heterocycles. The molecule has 6 nitrogen and oxygen atoms in total. The quantitative estimate of drug-likeness (QED) is 0.627. The third kappa shape index (κ3) is 2.30. The van der Waals surface area contributed by atoms with Crippen molar-refractivity contribution in [1.82, 2.24) is 8.94 Å². The Balaban J connectivity index is 2.47. The topological polar surface area (TPSA) is 78.0 Å². The molecule has 0 saturated carbocycles. The summed E-state index contributed by atoms with van der Waals surface area (Å²) in [6, 6.07) is 4.33. The largest absolute Gasteiger partial charge is 0.301 e. The van der Waals surface area contributed by atoms with Gasteiger partial charge in [-0.05, 0) is 31.4 Å². The average Bonchev–Trinajstić information content (AvgIpc) is 2.69. The smallest absolute Gasteiger partial charge is 0.288 e. The van der Waals surface area contributed by atoms with Crippen molar-refractivity contribution in [2.45, 2.75) is 20.4 Å². The van der Waals surface area contributed by atoms with E-state index in [0.717, 1.165) is 10.6 Å². The van der Waals surface area contributed by atoms with E-state index in [1.165, 1.54) is 28.2 Å². The lowest BCUT2D eigenvalue weighted by molar-refractivity contribution is -0.386. The van der Waals surface area contributed by atoms with Gasteiger partial charge in [-0.15, -0.1) is 0 Å². The van der Waals surface area contributed by atoms with Gasteiger partial charge in [-0.25, -0.2) is 0 Å².